The number of rotatable bonds is 7. The Morgan fingerprint density at radius 1 is 1.16 bits per heavy atom. The van der Waals surface area contributed by atoms with Crippen molar-refractivity contribution in [3.63, 3.8) is 0 Å². The second kappa shape index (κ2) is 9.08. The second-order valence-corrected chi connectivity index (χ2v) is 6.07. The van der Waals surface area contributed by atoms with E-state index in [0.29, 0.717) is 13.0 Å². The number of ether oxygens (including phenoxy) is 2. The van der Waals surface area contributed by atoms with E-state index in [0.717, 1.165) is 55.1 Å². The Morgan fingerprint density at radius 2 is 1.96 bits per heavy atom. The summed E-state index contributed by atoms with van der Waals surface area (Å²) in [5.74, 6) is 1.59. The van der Waals surface area contributed by atoms with E-state index in [9.17, 15) is 4.79 Å². The molecular weight excluding hydrogens is 316 g/mol. The van der Waals surface area contributed by atoms with Gasteiger partial charge in [-0.2, -0.15) is 0 Å². The molecule has 1 heterocycles. The van der Waals surface area contributed by atoms with Crippen molar-refractivity contribution in [3.8, 4) is 11.5 Å². The fourth-order valence-corrected chi connectivity index (χ4v) is 2.91. The molecule has 1 aromatic rings. The second-order valence-electron chi connectivity index (χ2n) is 6.07. The minimum atomic E-state index is 0.262. The van der Waals surface area contributed by atoms with Crippen molar-refractivity contribution in [2.45, 2.75) is 25.4 Å². The Labute approximate surface area is 148 Å². The molecule has 2 aliphatic rings. The first-order chi connectivity index (χ1) is 12.3. The van der Waals surface area contributed by atoms with Crippen LogP contribution in [0.3, 0.4) is 0 Å². The van der Waals surface area contributed by atoms with Gasteiger partial charge in [0, 0.05) is 17.3 Å². The molecule has 3 rings (SSSR count). The summed E-state index contributed by atoms with van der Waals surface area (Å²) in [4.78, 5) is 10.8. The number of hydrogen-bond donors (Lipinski definition) is 2. The monoisotopic (exact) mass is 340 g/mol. The van der Waals surface area contributed by atoms with Gasteiger partial charge in [0.05, 0.1) is 0 Å². The first-order valence-electron chi connectivity index (χ1n) is 8.72. The van der Waals surface area contributed by atoms with Crippen molar-refractivity contribution in [2.24, 2.45) is 0 Å². The standard InChI is InChI=1S/C20H24N2O3/c23-15-22-20-8-3-1-2-5-16(20)14-24-18-6-4-7-19(13-18)25-17-9-11-21-12-10-17/h2-8,13,15,17,21H,1,9-12,14H2,(H,22,23). The van der Waals surface area contributed by atoms with E-state index < -0.39 is 0 Å². The van der Waals surface area contributed by atoms with E-state index in [-0.39, 0.29) is 6.10 Å². The van der Waals surface area contributed by atoms with E-state index in [2.05, 4.69) is 10.6 Å². The summed E-state index contributed by atoms with van der Waals surface area (Å²) >= 11 is 0. The Morgan fingerprint density at radius 3 is 2.80 bits per heavy atom. The molecule has 5 heteroatoms. The molecular formula is C20H24N2O3. The van der Waals surface area contributed by atoms with E-state index in [1.54, 1.807) is 0 Å². The van der Waals surface area contributed by atoms with E-state index >= 15 is 0 Å². The van der Waals surface area contributed by atoms with Crippen molar-refractivity contribution in [3.05, 3.63) is 59.8 Å². The molecule has 0 spiro atoms. The van der Waals surface area contributed by atoms with Crippen molar-refractivity contribution in [2.75, 3.05) is 19.7 Å². The van der Waals surface area contributed by atoms with Crippen LogP contribution in [-0.2, 0) is 4.79 Å². The van der Waals surface area contributed by atoms with Crippen LogP contribution < -0.4 is 20.1 Å². The molecule has 5 nitrogen and oxygen atoms in total. The molecule has 2 N–H and O–H groups in total. The summed E-state index contributed by atoms with van der Waals surface area (Å²) in [5, 5.41) is 6.06. The van der Waals surface area contributed by atoms with E-state index in [1.807, 2.05) is 48.6 Å². The van der Waals surface area contributed by atoms with Gasteiger partial charge in [-0.05, 0) is 50.6 Å². The molecule has 1 fully saturated rings. The summed E-state index contributed by atoms with van der Waals surface area (Å²) < 4.78 is 12.0. The van der Waals surface area contributed by atoms with Crippen LogP contribution in [0.5, 0.6) is 11.5 Å². The van der Waals surface area contributed by atoms with Gasteiger partial charge in [-0.3, -0.25) is 4.79 Å². The predicted octanol–water partition coefficient (Wildman–Crippen LogP) is 2.71. The summed E-state index contributed by atoms with van der Waals surface area (Å²) in [6, 6.07) is 7.74. The highest BCUT2D eigenvalue weighted by molar-refractivity contribution is 5.54. The quantitative estimate of drug-likeness (QED) is 0.749. The van der Waals surface area contributed by atoms with Gasteiger partial charge in [-0.15, -0.1) is 0 Å². The molecule has 0 atom stereocenters. The van der Waals surface area contributed by atoms with Crippen LogP contribution in [0.2, 0.25) is 0 Å². The Balaban J connectivity index is 1.63. The maximum Gasteiger partial charge on any atom is 0.211 e. The minimum Gasteiger partial charge on any atom is -0.490 e. The SMILES string of the molecule is O=CNC1=C(COc2cccc(OC3CCNCC3)c2)C=CCC=C1. The molecule has 0 unspecified atom stereocenters. The van der Waals surface area contributed by atoms with E-state index in [1.165, 1.54) is 0 Å². The van der Waals surface area contributed by atoms with Crippen LogP contribution >= 0.6 is 0 Å². The summed E-state index contributed by atoms with van der Waals surface area (Å²) in [7, 11) is 0. The smallest absolute Gasteiger partial charge is 0.211 e. The zero-order chi connectivity index (χ0) is 17.3. The van der Waals surface area contributed by atoms with Gasteiger partial charge < -0.3 is 20.1 Å². The lowest BCUT2D eigenvalue weighted by Gasteiger charge is -2.24. The Bertz CT molecular complexity index is 673. The Hall–Kier alpha value is -2.53. The summed E-state index contributed by atoms with van der Waals surface area (Å²) in [6.45, 7) is 2.39. The maximum absolute atomic E-state index is 10.8. The van der Waals surface area contributed by atoms with Crippen LogP contribution in [0, 0.1) is 0 Å². The number of piperidine rings is 1. The molecule has 1 aliphatic carbocycles. The number of allylic oxidation sites excluding steroid dienone is 3. The number of benzene rings is 1. The van der Waals surface area contributed by atoms with Crippen LogP contribution in [0.4, 0.5) is 0 Å². The lowest BCUT2D eigenvalue weighted by molar-refractivity contribution is -0.108. The Kier molecular flexibility index (Phi) is 6.29. The van der Waals surface area contributed by atoms with Gasteiger partial charge in [0.1, 0.15) is 24.2 Å². The fraction of sp³-hybridized carbons (Fsp3) is 0.350. The van der Waals surface area contributed by atoms with Gasteiger partial charge in [0.2, 0.25) is 6.41 Å². The topological polar surface area (TPSA) is 59.6 Å². The first kappa shape index (κ1) is 17.3. The number of carbonyl (C=O) groups excluding carboxylic acids is 1. The third-order valence-electron chi connectivity index (χ3n) is 4.22. The number of amides is 1. The molecule has 0 radical (unpaired) electrons. The number of nitrogens with one attached hydrogen (secondary N) is 2. The highest BCUT2D eigenvalue weighted by Gasteiger charge is 2.14. The van der Waals surface area contributed by atoms with Crippen molar-refractivity contribution in [1.82, 2.24) is 10.6 Å². The molecule has 25 heavy (non-hydrogen) atoms. The summed E-state index contributed by atoms with van der Waals surface area (Å²) in [5.41, 5.74) is 1.70. The molecule has 0 saturated carbocycles. The summed E-state index contributed by atoms with van der Waals surface area (Å²) in [6.07, 6.45) is 11.8. The van der Waals surface area contributed by atoms with Crippen LogP contribution in [-0.4, -0.2) is 32.2 Å². The minimum absolute atomic E-state index is 0.262. The third kappa shape index (κ3) is 5.22. The van der Waals surface area contributed by atoms with E-state index in [4.69, 9.17) is 9.47 Å². The lowest BCUT2D eigenvalue weighted by atomic mass is 10.1. The molecule has 1 saturated heterocycles. The average molecular weight is 340 g/mol. The zero-order valence-corrected chi connectivity index (χ0v) is 14.2. The van der Waals surface area contributed by atoms with Gasteiger partial charge in [-0.25, -0.2) is 0 Å². The molecule has 132 valence electrons. The average Bonchev–Trinajstić information content (AvgIpc) is 2.87. The molecule has 0 aromatic heterocycles. The lowest BCUT2D eigenvalue weighted by Crippen LogP contribution is -2.34. The molecule has 1 aliphatic heterocycles. The van der Waals surface area contributed by atoms with Crippen LogP contribution in [0.15, 0.2) is 59.8 Å². The molecule has 0 bridgehead atoms. The highest BCUT2D eigenvalue weighted by Crippen LogP contribution is 2.23. The van der Waals surface area contributed by atoms with Crippen molar-refractivity contribution in [1.29, 1.82) is 0 Å². The van der Waals surface area contributed by atoms with Crippen LogP contribution in [0.25, 0.3) is 0 Å². The van der Waals surface area contributed by atoms with Gasteiger partial charge >= 0.3 is 0 Å². The van der Waals surface area contributed by atoms with Gasteiger partial charge in [0.15, 0.2) is 0 Å². The first-order valence-corrected chi connectivity index (χ1v) is 8.72. The fourth-order valence-electron chi connectivity index (χ4n) is 2.91. The number of carbonyl (C=O) groups is 1. The normalized spacial score (nSPS) is 17.9. The number of hydrogen-bond acceptors (Lipinski definition) is 4. The van der Waals surface area contributed by atoms with Gasteiger partial charge in [-0.1, -0.05) is 24.3 Å². The highest BCUT2D eigenvalue weighted by atomic mass is 16.5. The van der Waals surface area contributed by atoms with Gasteiger partial charge in [0.25, 0.3) is 0 Å². The predicted molar refractivity (Wildman–Crippen MR) is 97.6 cm³/mol. The zero-order valence-electron chi connectivity index (χ0n) is 14.2. The largest absolute Gasteiger partial charge is 0.490 e. The molecule has 1 amide bonds. The van der Waals surface area contributed by atoms with Crippen LogP contribution in [0.1, 0.15) is 19.3 Å². The van der Waals surface area contributed by atoms with Crippen molar-refractivity contribution < 1.29 is 14.3 Å². The maximum atomic E-state index is 10.8. The molecule has 1 aromatic carbocycles. The van der Waals surface area contributed by atoms with Crippen molar-refractivity contribution >= 4 is 6.41 Å². The third-order valence-corrected chi connectivity index (χ3v) is 4.22.